The summed E-state index contributed by atoms with van der Waals surface area (Å²) in [5.74, 6) is -1.57. The van der Waals surface area contributed by atoms with Gasteiger partial charge in [-0.25, -0.2) is 13.2 Å². The van der Waals surface area contributed by atoms with Crippen molar-refractivity contribution in [2.45, 2.75) is 63.7 Å². The number of pyridine rings is 1. The summed E-state index contributed by atoms with van der Waals surface area (Å²) in [4.78, 5) is 31.7. The van der Waals surface area contributed by atoms with Crippen LogP contribution in [0.25, 0.3) is 11.1 Å². The molecule has 4 rings (SSSR count). The van der Waals surface area contributed by atoms with Crippen molar-refractivity contribution >= 4 is 17.6 Å². The van der Waals surface area contributed by atoms with E-state index < -0.39 is 52.9 Å². The lowest BCUT2D eigenvalue weighted by molar-refractivity contribution is -0.142. The van der Waals surface area contributed by atoms with E-state index in [2.05, 4.69) is 10.3 Å². The third-order valence-corrected chi connectivity index (χ3v) is 7.83. The van der Waals surface area contributed by atoms with E-state index in [1.165, 1.54) is 57.3 Å². The van der Waals surface area contributed by atoms with Crippen molar-refractivity contribution in [1.29, 1.82) is 0 Å². The molecule has 2 aromatic carbocycles. The second-order valence-corrected chi connectivity index (χ2v) is 11.1. The molecule has 1 fully saturated rings. The van der Waals surface area contributed by atoms with Crippen molar-refractivity contribution in [3.8, 4) is 11.1 Å². The number of carbonyl (C=O) groups excluding carboxylic acids is 2. The first kappa shape index (κ1) is 32.0. The maximum Gasteiger partial charge on any atom is 0.416 e. The molecular weight excluding hydrogens is 576 g/mol. The minimum atomic E-state index is -4.90. The van der Waals surface area contributed by atoms with E-state index in [1.807, 2.05) is 0 Å². The number of aromatic nitrogens is 1. The van der Waals surface area contributed by atoms with Gasteiger partial charge < -0.3 is 9.64 Å². The molecule has 3 aromatic rings. The summed E-state index contributed by atoms with van der Waals surface area (Å²) in [5, 5.41) is 3.18. The fraction of sp³-hybridized carbons (Fsp3) is 0.387. The van der Waals surface area contributed by atoms with Gasteiger partial charge in [-0.1, -0.05) is 6.07 Å². The van der Waals surface area contributed by atoms with Crippen LogP contribution in [0.1, 0.15) is 67.1 Å². The zero-order valence-electron chi connectivity index (χ0n) is 24.2. The van der Waals surface area contributed by atoms with Gasteiger partial charge in [-0.05, 0) is 86.7 Å². The van der Waals surface area contributed by atoms with Gasteiger partial charge >= 0.3 is 12.1 Å². The number of nitrogens with zero attached hydrogens (tertiary/aromatic N) is 2. The number of halogens is 6. The van der Waals surface area contributed by atoms with Crippen molar-refractivity contribution < 1.29 is 40.7 Å². The maximum atomic E-state index is 14.0. The summed E-state index contributed by atoms with van der Waals surface area (Å²) in [5.41, 5.74) is -1.63. The minimum absolute atomic E-state index is 0.234. The summed E-state index contributed by atoms with van der Waals surface area (Å²) in [7, 11) is 2.70. The number of likely N-dealkylation sites (N-methyl/N-ethyl adjacent to an activating group) is 1. The molecule has 2 heterocycles. The molecule has 1 saturated heterocycles. The molecule has 1 amide bonds. The highest BCUT2D eigenvalue weighted by atomic mass is 19.4. The van der Waals surface area contributed by atoms with E-state index in [4.69, 9.17) is 4.74 Å². The predicted molar refractivity (Wildman–Crippen MR) is 148 cm³/mol. The molecule has 0 spiro atoms. The van der Waals surface area contributed by atoms with Gasteiger partial charge in [0.15, 0.2) is 0 Å². The van der Waals surface area contributed by atoms with Crippen molar-refractivity contribution in [2.75, 3.05) is 19.1 Å². The molecule has 0 radical (unpaired) electrons. The fourth-order valence-electron chi connectivity index (χ4n) is 5.33. The summed E-state index contributed by atoms with van der Waals surface area (Å²) in [6.45, 7) is 4.40. The number of hydrogen-bond acceptors (Lipinski definition) is 5. The van der Waals surface area contributed by atoms with Gasteiger partial charge in [0.2, 0.25) is 5.91 Å². The van der Waals surface area contributed by atoms with E-state index in [1.54, 1.807) is 13.0 Å². The standard InChI is InChI=1S/C31H31F6N3O3/c1-16-10-20(32)6-7-21(16)22-14-25(23-8-9-24(39-23)28(41)43-5)38-15-26(22)40(4)29(42)30(2,3)18-11-17(27(33)34)12-19(13-18)31(35,36)37/h6-7,10-15,23-24,27,39H,8-9H2,1-5H3/t23-,24-/m0/s1. The lowest BCUT2D eigenvalue weighted by Gasteiger charge is -2.32. The molecule has 0 saturated carbocycles. The predicted octanol–water partition coefficient (Wildman–Crippen LogP) is 7.06. The second-order valence-electron chi connectivity index (χ2n) is 11.1. The average molecular weight is 608 g/mol. The highest BCUT2D eigenvalue weighted by Crippen LogP contribution is 2.40. The number of benzene rings is 2. The van der Waals surface area contributed by atoms with Gasteiger partial charge in [-0.2, -0.15) is 13.2 Å². The van der Waals surface area contributed by atoms with Gasteiger partial charge in [-0.15, -0.1) is 0 Å². The van der Waals surface area contributed by atoms with Gasteiger partial charge in [0.1, 0.15) is 11.9 Å². The van der Waals surface area contributed by atoms with E-state index in [9.17, 15) is 35.9 Å². The Labute approximate surface area is 245 Å². The molecule has 0 bridgehead atoms. The number of methoxy groups -OCH3 is 1. The summed E-state index contributed by atoms with van der Waals surface area (Å²) in [6, 6.07) is 6.96. The molecule has 12 heteroatoms. The molecule has 1 aliphatic heterocycles. The summed E-state index contributed by atoms with van der Waals surface area (Å²) < 4.78 is 86.7. The van der Waals surface area contributed by atoms with Crippen LogP contribution in [0.5, 0.6) is 0 Å². The Morgan fingerprint density at radius 1 is 1.02 bits per heavy atom. The number of hydrogen-bond donors (Lipinski definition) is 1. The molecule has 1 aromatic heterocycles. The minimum Gasteiger partial charge on any atom is -0.468 e. The van der Waals surface area contributed by atoms with Gasteiger partial charge in [0.05, 0.1) is 41.7 Å². The van der Waals surface area contributed by atoms with Crippen LogP contribution in [0.3, 0.4) is 0 Å². The monoisotopic (exact) mass is 607 g/mol. The molecule has 43 heavy (non-hydrogen) atoms. The van der Waals surface area contributed by atoms with Crippen LogP contribution >= 0.6 is 0 Å². The fourth-order valence-corrected chi connectivity index (χ4v) is 5.33. The normalized spacial score (nSPS) is 17.3. The number of anilines is 1. The maximum absolute atomic E-state index is 14.0. The number of ether oxygens (including phenoxy) is 1. The number of amides is 1. The van der Waals surface area contributed by atoms with E-state index in [0.29, 0.717) is 47.4 Å². The number of aryl methyl sites for hydroxylation is 1. The number of alkyl halides is 5. The van der Waals surface area contributed by atoms with Crippen LogP contribution in [-0.4, -0.2) is 37.1 Å². The Hall–Kier alpha value is -3.93. The van der Waals surface area contributed by atoms with Crippen LogP contribution in [0.15, 0.2) is 48.7 Å². The number of carbonyl (C=O) groups is 2. The first-order valence-corrected chi connectivity index (χ1v) is 13.4. The smallest absolute Gasteiger partial charge is 0.416 e. The Bertz CT molecular complexity index is 1540. The van der Waals surface area contributed by atoms with Crippen molar-refractivity contribution in [3.63, 3.8) is 0 Å². The molecule has 230 valence electrons. The van der Waals surface area contributed by atoms with Crippen LogP contribution in [0.4, 0.5) is 32.0 Å². The van der Waals surface area contributed by atoms with E-state index >= 15 is 0 Å². The highest BCUT2D eigenvalue weighted by molar-refractivity contribution is 6.03. The molecule has 0 unspecified atom stereocenters. The van der Waals surface area contributed by atoms with Crippen LogP contribution < -0.4 is 10.2 Å². The number of nitrogens with one attached hydrogen (secondary N) is 1. The SMILES string of the molecule is COC(=O)[C@@H]1CC[C@@H](c2cc(-c3ccc(F)cc3C)c(N(C)C(=O)C(C)(C)c3cc(C(F)F)cc(C(F)(F)F)c3)cn2)N1. The Kier molecular flexibility index (Phi) is 8.92. The van der Waals surface area contributed by atoms with E-state index in [0.717, 1.165) is 6.07 Å². The van der Waals surface area contributed by atoms with Crippen LogP contribution in [0.2, 0.25) is 0 Å². The number of esters is 1. The molecule has 2 atom stereocenters. The zero-order chi connectivity index (χ0) is 31.9. The summed E-state index contributed by atoms with van der Waals surface area (Å²) >= 11 is 0. The largest absolute Gasteiger partial charge is 0.468 e. The first-order valence-electron chi connectivity index (χ1n) is 13.4. The summed E-state index contributed by atoms with van der Waals surface area (Å²) in [6.07, 6.45) is -5.59. The van der Waals surface area contributed by atoms with E-state index in [-0.39, 0.29) is 17.3 Å². The van der Waals surface area contributed by atoms with Crippen molar-refractivity contribution in [3.05, 3.63) is 82.4 Å². The Balaban J connectivity index is 1.79. The van der Waals surface area contributed by atoms with Crippen molar-refractivity contribution in [2.24, 2.45) is 0 Å². The van der Waals surface area contributed by atoms with Gasteiger partial charge in [0, 0.05) is 18.2 Å². The van der Waals surface area contributed by atoms with Gasteiger partial charge in [-0.3, -0.25) is 19.9 Å². The molecular formula is C31H31F6N3O3. The van der Waals surface area contributed by atoms with Crippen LogP contribution in [-0.2, 0) is 25.9 Å². The first-order chi connectivity index (χ1) is 20.0. The molecule has 1 N–H and O–H groups in total. The van der Waals surface area contributed by atoms with Crippen molar-refractivity contribution in [1.82, 2.24) is 10.3 Å². The zero-order valence-corrected chi connectivity index (χ0v) is 24.2. The van der Waals surface area contributed by atoms with Crippen LogP contribution in [0, 0.1) is 12.7 Å². The Morgan fingerprint density at radius 3 is 2.30 bits per heavy atom. The topological polar surface area (TPSA) is 71.5 Å². The highest BCUT2D eigenvalue weighted by Gasteiger charge is 2.39. The third kappa shape index (κ3) is 6.53. The second kappa shape index (κ2) is 12.0. The average Bonchev–Trinajstić information content (AvgIpc) is 3.45. The Morgan fingerprint density at radius 2 is 1.70 bits per heavy atom. The quantitative estimate of drug-likeness (QED) is 0.230. The number of rotatable bonds is 7. The third-order valence-electron chi connectivity index (χ3n) is 7.83. The molecule has 1 aliphatic rings. The lowest BCUT2D eigenvalue weighted by Crippen LogP contribution is -2.42. The van der Waals surface area contributed by atoms with Gasteiger partial charge in [0.25, 0.3) is 6.43 Å². The molecule has 6 nitrogen and oxygen atoms in total. The molecule has 0 aliphatic carbocycles. The lowest BCUT2D eigenvalue weighted by atomic mass is 9.81.